The second kappa shape index (κ2) is 10.3. The van der Waals surface area contributed by atoms with Crippen LogP contribution in [0.25, 0.3) is 0 Å². The Morgan fingerprint density at radius 1 is 0.968 bits per heavy atom. The molecule has 1 N–H and O–H groups in total. The molecule has 1 amide bonds. The molecule has 1 aliphatic heterocycles. The van der Waals surface area contributed by atoms with Crippen molar-refractivity contribution in [3.8, 4) is 0 Å². The minimum Gasteiger partial charge on any atom is -0.347 e. The molecule has 1 aliphatic rings. The average Bonchev–Trinajstić information content (AvgIpc) is 2.81. The molecule has 0 saturated carbocycles. The zero-order valence-corrected chi connectivity index (χ0v) is 17.6. The number of carbonyl (C=O) groups is 1. The van der Waals surface area contributed by atoms with Crippen molar-refractivity contribution in [2.24, 2.45) is 5.92 Å². The third-order valence-corrected chi connectivity index (χ3v) is 5.95. The van der Waals surface area contributed by atoms with Gasteiger partial charge in [-0.3, -0.25) is 14.7 Å². The third kappa shape index (κ3) is 5.98. The predicted octanol–water partition coefficient (Wildman–Crippen LogP) is 4.53. The monoisotopic (exact) mass is 417 g/mol. The number of nitrogens with zero attached hydrogens (tertiary/aromatic N) is 2. The summed E-state index contributed by atoms with van der Waals surface area (Å²) < 4.78 is 13.2. The van der Waals surface area contributed by atoms with Gasteiger partial charge in [-0.05, 0) is 67.2 Å². The average molecular weight is 418 g/mol. The highest BCUT2D eigenvalue weighted by molar-refractivity contribution is 5.79. The van der Waals surface area contributed by atoms with Gasteiger partial charge in [-0.15, -0.1) is 0 Å². The number of amides is 1. The van der Waals surface area contributed by atoms with Crippen molar-refractivity contribution in [3.05, 3.63) is 102 Å². The van der Waals surface area contributed by atoms with Gasteiger partial charge >= 0.3 is 0 Å². The fourth-order valence-corrected chi connectivity index (χ4v) is 4.29. The van der Waals surface area contributed by atoms with E-state index in [0.717, 1.165) is 49.3 Å². The summed E-state index contributed by atoms with van der Waals surface area (Å²) >= 11 is 0. The number of piperidine rings is 1. The van der Waals surface area contributed by atoms with Gasteiger partial charge in [-0.25, -0.2) is 4.39 Å². The Bertz CT molecular complexity index is 955. The molecule has 0 radical (unpaired) electrons. The first-order valence-corrected chi connectivity index (χ1v) is 10.9. The van der Waals surface area contributed by atoms with Gasteiger partial charge in [-0.2, -0.15) is 0 Å². The molecule has 1 aromatic heterocycles. The van der Waals surface area contributed by atoms with Gasteiger partial charge < -0.3 is 5.32 Å². The second-order valence-electron chi connectivity index (χ2n) is 8.20. The Labute approximate surface area is 183 Å². The van der Waals surface area contributed by atoms with E-state index in [2.05, 4.69) is 15.2 Å². The van der Waals surface area contributed by atoms with E-state index in [4.69, 9.17) is 0 Å². The number of likely N-dealkylation sites (tertiary alicyclic amines) is 1. The smallest absolute Gasteiger partial charge is 0.224 e. The zero-order valence-electron chi connectivity index (χ0n) is 17.6. The largest absolute Gasteiger partial charge is 0.347 e. The summed E-state index contributed by atoms with van der Waals surface area (Å²) in [6.45, 7) is 2.71. The number of halogens is 1. The number of nitrogens with one attached hydrogen (secondary N) is 1. The summed E-state index contributed by atoms with van der Waals surface area (Å²) in [5, 5.41) is 3.26. The van der Waals surface area contributed by atoms with Crippen LogP contribution >= 0.6 is 0 Å². The topological polar surface area (TPSA) is 45.2 Å². The Kier molecular flexibility index (Phi) is 7.05. The molecule has 2 aromatic carbocycles. The molecule has 160 valence electrons. The van der Waals surface area contributed by atoms with E-state index in [1.54, 1.807) is 6.20 Å². The Balaban J connectivity index is 1.39. The number of aromatic nitrogens is 1. The van der Waals surface area contributed by atoms with Crippen molar-refractivity contribution in [3.63, 3.8) is 0 Å². The third-order valence-electron chi connectivity index (χ3n) is 5.95. The van der Waals surface area contributed by atoms with Crippen LogP contribution in [-0.2, 0) is 17.8 Å². The van der Waals surface area contributed by atoms with Crippen LogP contribution < -0.4 is 5.32 Å². The molecule has 5 heteroatoms. The molecule has 0 spiro atoms. The van der Waals surface area contributed by atoms with E-state index in [1.165, 1.54) is 12.1 Å². The molecule has 1 atom stereocenters. The number of pyridine rings is 1. The lowest BCUT2D eigenvalue weighted by molar-refractivity contribution is -0.121. The molecule has 1 fully saturated rings. The standard InChI is InChI=1S/C26H28FN3O/c27-23-11-9-21(10-12-23)19-30-16-13-22(14-17-30)26(24-8-4-5-15-28-24)29-25(31)18-20-6-2-1-3-7-20/h1-12,15,22,26H,13-14,16-19H2,(H,29,31)/t26-/m0/s1. The number of hydrogen-bond acceptors (Lipinski definition) is 3. The van der Waals surface area contributed by atoms with Gasteiger partial charge in [0.2, 0.25) is 5.91 Å². The fourth-order valence-electron chi connectivity index (χ4n) is 4.29. The molecule has 0 unspecified atom stereocenters. The van der Waals surface area contributed by atoms with Crippen LogP contribution in [0.4, 0.5) is 4.39 Å². The van der Waals surface area contributed by atoms with Crippen LogP contribution in [0.1, 0.15) is 35.7 Å². The molecule has 0 aliphatic carbocycles. The maximum atomic E-state index is 13.2. The summed E-state index contributed by atoms with van der Waals surface area (Å²) in [5.74, 6) is 0.154. The van der Waals surface area contributed by atoms with Gasteiger partial charge in [0.05, 0.1) is 18.2 Å². The summed E-state index contributed by atoms with van der Waals surface area (Å²) in [4.78, 5) is 19.7. The van der Waals surface area contributed by atoms with Crippen molar-refractivity contribution in [2.75, 3.05) is 13.1 Å². The van der Waals surface area contributed by atoms with E-state index < -0.39 is 0 Å². The minimum absolute atomic E-state index is 0.0237. The van der Waals surface area contributed by atoms with E-state index >= 15 is 0 Å². The fraction of sp³-hybridized carbons (Fsp3) is 0.308. The van der Waals surface area contributed by atoms with Crippen LogP contribution in [0.5, 0.6) is 0 Å². The van der Waals surface area contributed by atoms with Gasteiger partial charge in [0.25, 0.3) is 0 Å². The SMILES string of the molecule is O=C(Cc1ccccc1)N[C@H](c1ccccn1)C1CCN(Cc2ccc(F)cc2)CC1. The Morgan fingerprint density at radius 2 is 1.68 bits per heavy atom. The minimum atomic E-state index is -0.202. The van der Waals surface area contributed by atoms with Crippen molar-refractivity contribution >= 4 is 5.91 Å². The van der Waals surface area contributed by atoms with Crippen LogP contribution in [-0.4, -0.2) is 28.9 Å². The second-order valence-corrected chi connectivity index (χ2v) is 8.20. The molecular weight excluding hydrogens is 389 g/mol. The first-order valence-electron chi connectivity index (χ1n) is 10.9. The van der Waals surface area contributed by atoms with Crippen molar-refractivity contribution in [1.29, 1.82) is 0 Å². The molecule has 31 heavy (non-hydrogen) atoms. The summed E-state index contributed by atoms with van der Waals surface area (Å²) in [6, 6.07) is 22.3. The molecule has 0 bridgehead atoms. The van der Waals surface area contributed by atoms with Crippen LogP contribution in [0.2, 0.25) is 0 Å². The number of rotatable bonds is 7. The van der Waals surface area contributed by atoms with Crippen molar-refractivity contribution in [2.45, 2.75) is 31.8 Å². The predicted molar refractivity (Wildman–Crippen MR) is 120 cm³/mol. The highest BCUT2D eigenvalue weighted by Crippen LogP contribution is 2.30. The van der Waals surface area contributed by atoms with Gasteiger partial charge in [0, 0.05) is 12.7 Å². The highest BCUT2D eigenvalue weighted by Gasteiger charge is 2.29. The van der Waals surface area contributed by atoms with E-state index in [0.29, 0.717) is 12.3 Å². The van der Waals surface area contributed by atoms with Crippen molar-refractivity contribution in [1.82, 2.24) is 15.2 Å². The maximum absolute atomic E-state index is 13.2. The van der Waals surface area contributed by atoms with E-state index in [-0.39, 0.29) is 17.8 Å². The summed E-state index contributed by atoms with van der Waals surface area (Å²) in [5.41, 5.74) is 3.05. The number of carbonyl (C=O) groups excluding carboxylic acids is 1. The number of hydrogen-bond donors (Lipinski definition) is 1. The van der Waals surface area contributed by atoms with Gasteiger partial charge in [0.1, 0.15) is 5.82 Å². The van der Waals surface area contributed by atoms with Crippen LogP contribution in [0.15, 0.2) is 79.0 Å². The van der Waals surface area contributed by atoms with Gasteiger partial charge in [0.15, 0.2) is 0 Å². The zero-order chi connectivity index (χ0) is 21.5. The van der Waals surface area contributed by atoms with E-state index in [9.17, 15) is 9.18 Å². The Morgan fingerprint density at radius 3 is 2.35 bits per heavy atom. The molecule has 3 aromatic rings. The Hall–Kier alpha value is -3.05. The van der Waals surface area contributed by atoms with Crippen LogP contribution in [0, 0.1) is 11.7 Å². The molecule has 2 heterocycles. The molecule has 4 rings (SSSR count). The van der Waals surface area contributed by atoms with Gasteiger partial charge in [-0.1, -0.05) is 48.5 Å². The summed E-state index contributed by atoms with van der Waals surface area (Å²) in [6.07, 6.45) is 4.12. The molecular formula is C26H28FN3O. The first-order chi connectivity index (χ1) is 15.2. The molecule has 1 saturated heterocycles. The lowest BCUT2D eigenvalue weighted by Gasteiger charge is -2.36. The molecule has 4 nitrogen and oxygen atoms in total. The quantitative estimate of drug-likeness (QED) is 0.614. The highest BCUT2D eigenvalue weighted by atomic mass is 19.1. The lowest BCUT2D eigenvalue weighted by atomic mass is 9.87. The maximum Gasteiger partial charge on any atom is 0.224 e. The van der Waals surface area contributed by atoms with E-state index in [1.807, 2.05) is 60.7 Å². The van der Waals surface area contributed by atoms with Crippen LogP contribution in [0.3, 0.4) is 0 Å². The van der Waals surface area contributed by atoms with Crippen molar-refractivity contribution < 1.29 is 9.18 Å². The first kappa shape index (κ1) is 21.2. The normalized spacial score (nSPS) is 16.0. The lowest BCUT2D eigenvalue weighted by Crippen LogP contribution is -2.41. The number of benzene rings is 2. The summed E-state index contributed by atoms with van der Waals surface area (Å²) in [7, 11) is 0.